The van der Waals surface area contributed by atoms with Crippen molar-refractivity contribution in [1.82, 2.24) is 0 Å². The van der Waals surface area contributed by atoms with Crippen LogP contribution in [0.3, 0.4) is 0 Å². The molecule has 0 aliphatic rings. The summed E-state index contributed by atoms with van der Waals surface area (Å²) in [5.41, 5.74) is 6.42. The lowest BCUT2D eigenvalue weighted by molar-refractivity contribution is 0.832. The van der Waals surface area contributed by atoms with Crippen LogP contribution in [0.4, 0.5) is 0 Å². The quantitative estimate of drug-likeness (QED) is 0.209. The fraction of sp³-hybridized carbons (Fsp3) is 0.643. The summed E-state index contributed by atoms with van der Waals surface area (Å²) in [6, 6.07) is 9.08. The van der Waals surface area contributed by atoms with Crippen LogP contribution in [0.15, 0.2) is 32.5 Å². The van der Waals surface area contributed by atoms with Crippen LogP contribution in [-0.2, 0) is 0 Å². The highest BCUT2D eigenvalue weighted by molar-refractivity contribution is 9.17. The molecule has 0 saturated carbocycles. The average Bonchev–Trinajstić information content (AvgIpc) is 2.71. The molecule has 0 atom stereocenters. The van der Waals surface area contributed by atoms with Gasteiger partial charge < -0.3 is 0 Å². The van der Waals surface area contributed by atoms with Crippen LogP contribution in [0, 0.1) is 0 Å². The van der Waals surface area contributed by atoms with Crippen molar-refractivity contribution in [3.05, 3.63) is 43.6 Å². The molecule has 0 aliphatic heterocycles. The number of hydrogen-bond donors (Lipinski definition) is 0. The van der Waals surface area contributed by atoms with Crippen LogP contribution in [0.5, 0.6) is 0 Å². The summed E-state index contributed by atoms with van der Waals surface area (Å²) in [6.45, 7) is 28.9. The number of benzene rings is 1. The van der Waals surface area contributed by atoms with E-state index in [0.29, 0.717) is 33.2 Å². The molecule has 0 saturated heterocycles. The van der Waals surface area contributed by atoms with Gasteiger partial charge in [0.2, 0.25) is 0 Å². The topological polar surface area (TPSA) is 0 Å². The van der Waals surface area contributed by atoms with E-state index in [0.717, 1.165) is 0 Å². The Morgan fingerprint density at radius 3 is 0.765 bits per heavy atom. The van der Waals surface area contributed by atoms with Crippen molar-refractivity contribution < 1.29 is 0 Å². The van der Waals surface area contributed by atoms with E-state index in [1.54, 1.807) is 0 Å². The molecule has 1 aromatic rings. The molecule has 0 aliphatic carbocycles. The Labute approximate surface area is 246 Å². The second kappa shape index (κ2) is 13.2. The van der Waals surface area contributed by atoms with Gasteiger partial charge in [-0.3, -0.25) is 0 Å². The first-order valence-electron chi connectivity index (χ1n) is 12.7. The van der Waals surface area contributed by atoms with Crippen LogP contribution in [0.25, 0.3) is 8.96 Å². The van der Waals surface area contributed by atoms with Gasteiger partial charge in [-0.15, -0.1) is 0 Å². The zero-order valence-corrected chi connectivity index (χ0v) is 31.6. The zero-order chi connectivity index (χ0) is 26.8. The van der Waals surface area contributed by atoms with E-state index in [9.17, 15) is 0 Å². The van der Waals surface area contributed by atoms with Gasteiger partial charge in [0, 0.05) is 8.96 Å². The Hall–Kier alpha value is 1.05. The summed E-state index contributed by atoms with van der Waals surface area (Å²) in [5.74, 6) is 0. The number of rotatable bonds is 10. The van der Waals surface area contributed by atoms with Gasteiger partial charge in [-0.2, -0.15) is 0 Å². The van der Waals surface area contributed by atoms with E-state index in [4.69, 9.17) is 0 Å². The Morgan fingerprint density at radius 1 is 0.441 bits per heavy atom. The maximum Gasteiger partial charge on any atom is 0.105 e. The van der Waals surface area contributed by atoms with Crippen LogP contribution >= 0.6 is 63.7 Å². The molecule has 0 spiro atoms. The second-order valence-electron chi connectivity index (χ2n) is 11.6. The molecular formula is C28H46Br4Si2. The highest BCUT2D eigenvalue weighted by atomic mass is 79.9. The molecular weight excluding hydrogens is 712 g/mol. The molecule has 194 valence electrons. The highest BCUT2D eigenvalue weighted by Crippen LogP contribution is 2.53. The molecule has 0 fully saturated rings. The van der Waals surface area contributed by atoms with Crippen LogP contribution in [0.1, 0.15) is 94.2 Å². The summed E-state index contributed by atoms with van der Waals surface area (Å²) >= 11 is 16.3. The van der Waals surface area contributed by atoms with Crippen LogP contribution in [-0.4, -0.2) is 16.1 Å². The fourth-order valence-electron chi connectivity index (χ4n) is 6.92. The normalized spacial score (nSPS) is 15.2. The van der Waals surface area contributed by atoms with E-state index < -0.39 is 16.1 Å². The van der Waals surface area contributed by atoms with Gasteiger partial charge in [0.05, 0.1) is 0 Å². The molecule has 0 bridgehead atoms. The minimum absolute atomic E-state index is 0.655. The van der Waals surface area contributed by atoms with Gasteiger partial charge in [0.1, 0.15) is 16.1 Å². The van der Waals surface area contributed by atoms with Gasteiger partial charge in [0.15, 0.2) is 0 Å². The third-order valence-electron chi connectivity index (χ3n) is 8.27. The summed E-state index contributed by atoms with van der Waals surface area (Å²) in [4.78, 5) is 0. The lowest BCUT2D eigenvalue weighted by Crippen LogP contribution is -2.45. The zero-order valence-electron chi connectivity index (χ0n) is 23.3. The summed E-state index contributed by atoms with van der Waals surface area (Å²) in [5, 5.41) is 0. The molecule has 0 heterocycles. The van der Waals surface area contributed by atoms with Crippen molar-refractivity contribution in [2.24, 2.45) is 0 Å². The van der Waals surface area contributed by atoms with E-state index in [2.05, 4.69) is 171 Å². The molecule has 0 unspecified atom stereocenters. The number of hydrogen-bond acceptors (Lipinski definition) is 0. The van der Waals surface area contributed by atoms with Gasteiger partial charge in [-0.05, 0) is 84.4 Å². The minimum Gasteiger partial charge on any atom is -0.0648 e. The molecule has 34 heavy (non-hydrogen) atoms. The van der Waals surface area contributed by atoms with Crippen LogP contribution < -0.4 is 0 Å². The van der Waals surface area contributed by atoms with Crippen molar-refractivity contribution in [2.45, 2.75) is 116 Å². The predicted octanol–water partition coefficient (Wildman–Crippen LogP) is 13.0. The Balaban J connectivity index is 3.64. The minimum atomic E-state index is -1.76. The first kappa shape index (κ1) is 33.1. The Kier molecular flexibility index (Phi) is 12.9. The smallest absolute Gasteiger partial charge is 0.0648 e. The largest absolute Gasteiger partial charge is 0.105 e. The monoisotopic (exact) mass is 754 g/mol. The standard InChI is InChI=1S/C28H46Br4Si2/c1-17(2)33(18(3)4,19(5)6)27(31)25(29)23-13-15-24(16-14-23)26(30)28(32)34(20(7)8,21(9)10)22(11)12/h13-22H,1-12H3/b27-25-,28-26-. The Bertz CT molecular complexity index is 762. The van der Waals surface area contributed by atoms with Crippen molar-refractivity contribution in [3.63, 3.8) is 0 Å². The Morgan fingerprint density at radius 2 is 0.618 bits per heavy atom. The molecule has 1 rings (SSSR count). The molecule has 0 amide bonds. The maximum atomic E-state index is 4.12. The van der Waals surface area contributed by atoms with E-state index in [-0.39, 0.29) is 0 Å². The number of halogens is 4. The van der Waals surface area contributed by atoms with E-state index in [1.165, 1.54) is 28.3 Å². The van der Waals surface area contributed by atoms with Crippen LogP contribution in [0.2, 0.25) is 33.2 Å². The first-order chi connectivity index (χ1) is 15.5. The lowest BCUT2D eigenvalue weighted by Gasteiger charge is -2.44. The summed E-state index contributed by atoms with van der Waals surface area (Å²) in [6.07, 6.45) is 0. The van der Waals surface area contributed by atoms with Gasteiger partial charge in [-0.25, -0.2) is 0 Å². The summed E-state index contributed by atoms with van der Waals surface area (Å²) in [7, 11) is -3.53. The SMILES string of the molecule is CC(C)[Si](/C(Br)=C(\Br)c1ccc(/C(Br)=C(\Br)[Si](C(C)C)(C(C)C)C(C)C)cc1)(C(C)C)C(C)C. The second-order valence-corrected chi connectivity index (χ2v) is 27.9. The maximum absolute atomic E-state index is 4.12. The molecule has 0 radical (unpaired) electrons. The van der Waals surface area contributed by atoms with Crippen molar-refractivity contribution in [1.29, 1.82) is 0 Å². The average molecular weight is 758 g/mol. The van der Waals surface area contributed by atoms with E-state index in [1.807, 2.05) is 0 Å². The molecule has 0 nitrogen and oxygen atoms in total. The summed E-state index contributed by atoms with van der Waals surface area (Å²) < 4.78 is 5.26. The van der Waals surface area contributed by atoms with Crippen molar-refractivity contribution >= 4 is 88.8 Å². The molecule has 0 aromatic heterocycles. The van der Waals surface area contributed by atoms with Gasteiger partial charge in [0.25, 0.3) is 0 Å². The van der Waals surface area contributed by atoms with Gasteiger partial charge in [-0.1, -0.05) is 139 Å². The molecule has 1 aromatic carbocycles. The highest BCUT2D eigenvalue weighted by Gasteiger charge is 2.47. The predicted molar refractivity (Wildman–Crippen MR) is 178 cm³/mol. The van der Waals surface area contributed by atoms with Gasteiger partial charge >= 0.3 is 0 Å². The van der Waals surface area contributed by atoms with E-state index >= 15 is 0 Å². The first-order valence-corrected chi connectivity index (χ1v) is 20.4. The molecule has 6 heteroatoms. The third-order valence-corrected chi connectivity index (χ3v) is 30.2. The lowest BCUT2D eigenvalue weighted by atomic mass is 10.1. The van der Waals surface area contributed by atoms with Crippen molar-refractivity contribution in [3.8, 4) is 0 Å². The molecule has 0 N–H and O–H groups in total. The fourth-order valence-corrected chi connectivity index (χ4v) is 30.3. The third kappa shape index (κ3) is 6.03. The van der Waals surface area contributed by atoms with Crippen molar-refractivity contribution in [2.75, 3.05) is 0 Å².